The van der Waals surface area contributed by atoms with Crippen LogP contribution in [0.1, 0.15) is 11.1 Å². The van der Waals surface area contributed by atoms with E-state index >= 15 is 0 Å². The van der Waals surface area contributed by atoms with Crippen LogP contribution in [0.5, 0.6) is 11.5 Å². The van der Waals surface area contributed by atoms with E-state index in [2.05, 4.69) is 15.8 Å². The van der Waals surface area contributed by atoms with Gasteiger partial charge in [0.1, 0.15) is 13.2 Å². The van der Waals surface area contributed by atoms with Gasteiger partial charge in [0.05, 0.1) is 5.75 Å². The third-order valence-electron chi connectivity index (χ3n) is 5.56. The fourth-order valence-electron chi connectivity index (χ4n) is 3.66. The van der Waals surface area contributed by atoms with Gasteiger partial charge in [-0.05, 0) is 49.2 Å². The van der Waals surface area contributed by atoms with Crippen molar-refractivity contribution < 1.29 is 19.1 Å². The fourth-order valence-corrected chi connectivity index (χ4v) is 4.42. The Morgan fingerprint density at radius 3 is 2.76 bits per heavy atom. The van der Waals surface area contributed by atoms with Gasteiger partial charge in [0.25, 0.3) is 5.91 Å². The number of amidine groups is 1. The molecule has 3 aliphatic rings. The maximum Gasteiger partial charge on any atom is 0.276 e. The van der Waals surface area contributed by atoms with E-state index in [0.29, 0.717) is 35.6 Å². The molecular formula is C23H23N5O4S. The molecule has 2 N–H and O–H groups in total. The number of nitrogens with zero attached hydrogens (tertiary/aromatic N) is 3. The highest BCUT2D eigenvalue weighted by Gasteiger charge is 2.38. The van der Waals surface area contributed by atoms with Crippen LogP contribution in [0.15, 0.2) is 53.9 Å². The number of hydrogen-bond acceptors (Lipinski definition) is 8. The minimum atomic E-state index is -0.639. The summed E-state index contributed by atoms with van der Waals surface area (Å²) in [7, 11) is 0. The van der Waals surface area contributed by atoms with E-state index in [4.69, 9.17) is 9.47 Å². The molecule has 0 aromatic heterocycles. The summed E-state index contributed by atoms with van der Waals surface area (Å²) in [5.41, 5.74) is 6.61. The lowest BCUT2D eigenvalue weighted by atomic mass is 10.1. The Hall–Kier alpha value is -3.66. The number of carbonyl (C=O) groups excluding carboxylic acids is 2. The van der Waals surface area contributed by atoms with Gasteiger partial charge >= 0.3 is 0 Å². The Bertz CT molecular complexity index is 1180. The van der Waals surface area contributed by atoms with E-state index in [9.17, 15) is 9.59 Å². The van der Waals surface area contributed by atoms with E-state index in [1.54, 1.807) is 40.4 Å². The van der Waals surface area contributed by atoms with Crippen molar-refractivity contribution in [1.29, 1.82) is 0 Å². The van der Waals surface area contributed by atoms with Gasteiger partial charge in [-0.25, -0.2) is 0 Å². The number of thioether (sulfide) groups is 1. The molecule has 9 nitrogen and oxygen atoms in total. The third kappa shape index (κ3) is 4.21. The van der Waals surface area contributed by atoms with Crippen molar-refractivity contribution in [3.8, 4) is 11.5 Å². The predicted octanol–water partition coefficient (Wildman–Crippen LogP) is 2.77. The van der Waals surface area contributed by atoms with Crippen molar-refractivity contribution in [2.24, 2.45) is 5.10 Å². The molecule has 10 heteroatoms. The van der Waals surface area contributed by atoms with Gasteiger partial charge in [-0.15, -0.1) is 0 Å². The lowest BCUT2D eigenvalue weighted by Gasteiger charge is -2.32. The lowest BCUT2D eigenvalue weighted by molar-refractivity contribution is -0.122. The number of nitrogens with one attached hydrogen (secondary N) is 2. The van der Waals surface area contributed by atoms with Gasteiger partial charge < -0.3 is 14.8 Å². The molecule has 33 heavy (non-hydrogen) atoms. The normalized spacial score (nSPS) is 18.5. The second kappa shape index (κ2) is 8.70. The van der Waals surface area contributed by atoms with Crippen LogP contribution in [-0.2, 0) is 9.59 Å². The number of fused-ring (bicyclic) bond motifs is 2. The SMILES string of the molecule is Cc1ccc(N2C=CN3C(SCC(=O)Nc4ccc5c(c4)OCCO5)=NNC3C2=O)cc1C. The smallest absolute Gasteiger partial charge is 0.276 e. The van der Waals surface area contributed by atoms with Crippen LogP contribution < -0.4 is 25.1 Å². The highest BCUT2D eigenvalue weighted by Crippen LogP contribution is 2.33. The van der Waals surface area contributed by atoms with Gasteiger partial charge in [0.2, 0.25) is 12.1 Å². The van der Waals surface area contributed by atoms with E-state index < -0.39 is 6.17 Å². The summed E-state index contributed by atoms with van der Waals surface area (Å²) in [6.07, 6.45) is 2.88. The predicted molar refractivity (Wildman–Crippen MR) is 127 cm³/mol. The van der Waals surface area contributed by atoms with Crippen LogP contribution in [0.4, 0.5) is 11.4 Å². The highest BCUT2D eigenvalue weighted by atomic mass is 32.2. The minimum Gasteiger partial charge on any atom is -0.486 e. The van der Waals surface area contributed by atoms with Crippen LogP contribution in [-0.4, -0.2) is 47.0 Å². The molecule has 1 unspecified atom stereocenters. The number of ether oxygens (including phenoxy) is 2. The molecule has 0 aliphatic carbocycles. The van der Waals surface area contributed by atoms with Gasteiger partial charge in [0.15, 0.2) is 16.7 Å². The Labute approximate surface area is 195 Å². The first-order valence-electron chi connectivity index (χ1n) is 10.5. The van der Waals surface area contributed by atoms with Crippen molar-refractivity contribution >= 4 is 40.1 Å². The van der Waals surface area contributed by atoms with E-state index in [1.165, 1.54) is 17.3 Å². The molecular weight excluding hydrogens is 442 g/mol. The zero-order valence-corrected chi connectivity index (χ0v) is 19.0. The number of carbonyl (C=O) groups is 2. The largest absolute Gasteiger partial charge is 0.486 e. The van der Waals surface area contributed by atoms with Gasteiger partial charge in [0, 0.05) is 29.8 Å². The summed E-state index contributed by atoms with van der Waals surface area (Å²) < 4.78 is 11.0. The van der Waals surface area contributed by atoms with Crippen molar-refractivity contribution in [2.75, 3.05) is 29.2 Å². The minimum absolute atomic E-state index is 0.138. The molecule has 0 saturated heterocycles. The second-order valence-corrected chi connectivity index (χ2v) is 8.75. The number of hydrazone groups is 1. The zero-order chi connectivity index (χ0) is 22.9. The van der Waals surface area contributed by atoms with Crippen molar-refractivity contribution in [2.45, 2.75) is 20.0 Å². The average molecular weight is 466 g/mol. The van der Waals surface area contributed by atoms with E-state index in [1.807, 2.05) is 32.0 Å². The number of rotatable bonds is 4. The molecule has 2 amide bonds. The Morgan fingerprint density at radius 2 is 1.94 bits per heavy atom. The van der Waals surface area contributed by atoms with E-state index in [0.717, 1.165) is 11.3 Å². The van der Waals surface area contributed by atoms with Crippen molar-refractivity contribution in [1.82, 2.24) is 10.3 Å². The van der Waals surface area contributed by atoms with Gasteiger partial charge in [-0.1, -0.05) is 17.8 Å². The topological polar surface area (TPSA) is 95.5 Å². The Kier molecular flexibility index (Phi) is 5.59. The molecule has 0 radical (unpaired) electrons. The number of anilines is 2. The summed E-state index contributed by atoms with van der Waals surface area (Å²) in [5.74, 6) is 1.10. The number of hydrogen-bond donors (Lipinski definition) is 2. The van der Waals surface area contributed by atoms with Crippen molar-refractivity contribution in [3.05, 3.63) is 59.9 Å². The van der Waals surface area contributed by atoms with Crippen LogP contribution in [0, 0.1) is 13.8 Å². The fraction of sp³-hybridized carbons (Fsp3) is 0.261. The van der Waals surface area contributed by atoms with Gasteiger partial charge in [-0.3, -0.25) is 24.8 Å². The lowest BCUT2D eigenvalue weighted by Crippen LogP contribution is -2.52. The zero-order valence-electron chi connectivity index (χ0n) is 18.2. The first-order chi connectivity index (χ1) is 16.0. The third-order valence-corrected chi connectivity index (χ3v) is 6.52. The summed E-state index contributed by atoms with van der Waals surface area (Å²) in [6, 6.07) is 11.2. The van der Waals surface area contributed by atoms with Crippen LogP contribution in [0.3, 0.4) is 0 Å². The first kappa shape index (κ1) is 21.2. The number of benzene rings is 2. The Balaban J connectivity index is 1.20. The number of amides is 2. The molecule has 3 heterocycles. The molecule has 0 saturated carbocycles. The summed E-state index contributed by atoms with van der Waals surface area (Å²) in [4.78, 5) is 28.8. The van der Waals surface area contributed by atoms with E-state index in [-0.39, 0.29) is 17.6 Å². The quantitative estimate of drug-likeness (QED) is 0.717. The maximum atomic E-state index is 13.0. The molecule has 0 spiro atoms. The standard InChI is InChI=1S/C23H23N5O4S/c1-14-3-5-17(11-15(14)2)27-7-8-28-21(22(27)30)25-26-23(28)33-13-20(29)24-16-4-6-18-19(12-16)32-10-9-31-18/h3-8,11-12,21,25H,9-10,13H2,1-2H3,(H,24,29). The first-order valence-corrected chi connectivity index (χ1v) is 11.5. The van der Waals surface area contributed by atoms with Crippen molar-refractivity contribution in [3.63, 3.8) is 0 Å². The second-order valence-electron chi connectivity index (χ2n) is 7.80. The van der Waals surface area contributed by atoms with Gasteiger partial charge in [-0.2, -0.15) is 5.10 Å². The van der Waals surface area contributed by atoms with Crippen LogP contribution >= 0.6 is 11.8 Å². The molecule has 2 aromatic rings. The Morgan fingerprint density at radius 1 is 1.12 bits per heavy atom. The molecule has 0 bridgehead atoms. The molecule has 2 aromatic carbocycles. The maximum absolute atomic E-state index is 13.0. The molecule has 1 atom stereocenters. The summed E-state index contributed by atoms with van der Waals surface area (Å²) in [6.45, 7) is 5.05. The average Bonchev–Trinajstić information content (AvgIpc) is 3.24. The molecule has 170 valence electrons. The molecule has 5 rings (SSSR count). The summed E-state index contributed by atoms with van der Waals surface area (Å²) in [5, 5.41) is 7.68. The molecule has 3 aliphatic heterocycles. The summed E-state index contributed by atoms with van der Waals surface area (Å²) >= 11 is 1.25. The molecule has 0 fully saturated rings. The van der Waals surface area contributed by atoms with Crippen LogP contribution in [0.2, 0.25) is 0 Å². The highest BCUT2D eigenvalue weighted by molar-refractivity contribution is 8.14. The number of aryl methyl sites for hydroxylation is 2. The van der Waals surface area contributed by atoms with Crippen LogP contribution in [0.25, 0.3) is 0 Å². The monoisotopic (exact) mass is 465 g/mol.